The summed E-state index contributed by atoms with van der Waals surface area (Å²) in [6.07, 6.45) is -1.60. The summed E-state index contributed by atoms with van der Waals surface area (Å²) in [5.41, 5.74) is 1.14. The van der Waals surface area contributed by atoms with Gasteiger partial charge in [-0.25, -0.2) is 0 Å². The number of benzene rings is 4. The molecule has 0 bridgehead atoms. The van der Waals surface area contributed by atoms with Gasteiger partial charge in [0.05, 0.1) is 26.4 Å². The highest BCUT2D eigenvalue weighted by Crippen LogP contribution is 2.46. The van der Waals surface area contributed by atoms with Crippen molar-refractivity contribution in [1.29, 1.82) is 0 Å². The topological polar surface area (TPSA) is 55.4 Å². The molecule has 0 unspecified atom stereocenters. The number of rotatable bonds is 12. The van der Waals surface area contributed by atoms with Crippen LogP contribution in [0.25, 0.3) is 0 Å². The van der Waals surface area contributed by atoms with E-state index in [4.69, 9.17) is 28.1 Å². The molecule has 0 aliphatic carbocycles. The van der Waals surface area contributed by atoms with Gasteiger partial charge in [-0.05, 0) is 40.4 Å². The van der Waals surface area contributed by atoms with Crippen molar-refractivity contribution in [3.05, 3.63) is 132 Å². The Bertz CT molecular complexity index is 1490. The van der Waals surface area contributed by atoms with Crippen LogP contribution in [0.3, 0.4) is 0 Å². The molecule has 2 aliphatic rings. The molecule has 0 aromatic heterocycles. The smallest absolute Gasteiger partial charge is 0.261 e. The SMILES string of the molecule is CC1(C)O[C@H]2O[C@@](COCc3ccccc3)(CO[Si](c3ccccc3)(c3ccccc3)C(C)(C)C)[C@@H](OCc3ccccc3)[C@H]2O1. The lowest BCUT2D eigenvalue weighted by Crippen LogP contribution is -2.68. The van der Waals surface area contributed by atoms with Gasteiger partial charge in [-0.2, -0.15) is 0 Å². The van der Waals surface area contributed by atoms with Crippen molar-refractivity contribution in [3.8, 4) is 0 Å². The molecule has 4 aromatic carbocycles. The molecule has 2 aliphatic heterocycles. The van der Waals surface area contributed by atoms with Crippen molar-refractivity contribution in [2.75, 3.05) is 13.2 Å². The van der Waals surface area contributed by atoms with Crippen LogP contribution in [-0.4, -0.2) is 51.4 Å². The van der Waals surface area contributed by atoms with Crippen molar-refractivity contribution < 1.29 is 28.1 Å². The molecule has 0 N–H and O–H groups in total. The zero-order valence-electron chi connectivity index (χ0n) is 27.6. The molecule has 6 nitrogen and oxygen atoms in total. The molecule has 4 atom stereocenters. The van der Waals surface area contributed by atoms with Crippen LogP contribution in [0.4, 0.5) is 0 Å². The monoisotopic (exact) mass is 638 g/mol. The summed E-state index contributed by atoms with van der Waals surface area (Å²) >= 11 is 0. The Hall–Kier alpha value is -3.14. The highest BCUT2D eigenvalue weighted by molar-refractivity contribution is 6.99. The van der Waals surface area contributed by atoms with Crippen LogP contribution in [0, 0.1) is 0 Å². The van der Waals surface area contributed by atoms with Crippen molar-refractivity contribution in [3.63, 3.8) is 0 Å². The van der Waals surface area contributed by atoms with Gasteiger partial charge in [0.15, 0.2) is 12.1 Å². The minimum absolute atomic E-state index is 0.217. The van der Waals surface area contributed by atoms with Crippen LogP contribution in [0.2, 0.25) is 5.04 Å². The third kappa shape index (κ3) is 6.78. The van der Waals surface area contributed by atoms with Crippen LogP contribution < -0.4 is 10.4 Å². The van der Waals surface area contributed by atoms with Crippen LogP contribution in [0.5, 0.6) is 0 Å². The summed E-state index contributed by atoms with van der Waals surface area (Å²) in [5, 5.41) is 2.18. The van der Waals surface area contributed by atoms with Crippen molar-refractivity contribution in [2.45, 2.75) is 82.8 Å². The van der Waals surface area contributed by atoms with E-state index in [1.54, 1.807) is 0 Å². The first-order valence-corrected chi connectivity index (χ1v) is 18.1. The maximum atomic E-state index is 7.50. The van der Waals surface area contributed by atoms with Gasteiger partial charge in [0, 0.05) is 0 Å². The summed E-state index contributed by atoms with van der Waals surface area (Å²) in [5.74, 6) is -0.806. The third-order valence-corrected chi connectivity index (χ3v) is 13.9. The van der Waals surface area contributed by atoms with E-state index in [1.807, 2.05) is 50.2 Å². The molecule has 0 radical (unpaired) electrons. The molecule has 2 heterocycles. The normalized spacial score (nSPS) is 24.2. The first kappa shape index (κ1) is 32.8. The first-order chi connectivity index (χ1) is 22.1. The fraction of sp³-hybridized carbons (Fsp3) is 0.385. The number of hydrogen-bond donors (Lipinski definition) is 0. The number of hydrogen-bond acceptors (Lipinski definition) is 6. The molecule has 6 rings (SSSR count). The van der Waals surface area contributed by atoms with Gasteiger partial charge in [0.1, 0.15) is 17.8 Å². The van der Waals surface area contributed by atoms with E-state index >= 15 is 0 Å². The zero-order chi connectivity index (χ0) is 32.3. The summed E-state index contributed by atoms with van der Waals surface area (Å²) in [4.78, 5) is 0. The first-order valence-electron chi connectivity index (χ1n) is 16.2. The number of ether oxygens (including phenoxy) is 5. The Morgan fingerprint density at radius 3 is 1.65 bits per heavy atom. The second-order valence-corrected chi connectivity index (χ2v) is 18.1. The minimum atomic E-state index is -2.92. The lowest BCUT2D eigenvalue weighted by molar-refractivity contribution is -0.260. The lowest BCUT2D eigenvalue weighted by atomic mass is 9.96. The zero-order valence-corrected chi connectivity index (χ0v) is 28.6. The predicted octanol–water partition coefficient (Wildman–Crippen LogP) is 6.61. The van der Waals surface area contributed by atoms with Gasteiger partial charge in [0.2, 0.25) is 0 Å². The van der Waals surface area contributed by atoms with Gasteiger partial charge in [-0.3, -0.25) is 0 Å². The lowest BCUT2D eigenvalue weighted by Gasteiger charge is -2.46. The molecule has 242 valence electrons. The van der Waals surface area contributed by atoms with E-state index in [0.717, 1.165) is 11.1 Å². The fourth-order valence-electron chi connectivity index (χ4n) is 6.84. The molecule has 46 heavy (non-hydrogen) atoms. The Morgan fingerprint density at radius 2 is 1.13 bits per heavy atom. The van der Waals surface area contributed by atoms with E-state index in [0.29, 0.717) is 13.2 Å². The van der Waals surface area contributed by atoms with E-state index < -0.39 is 38.2 Å². The Labute approximate surface area is 274 Å². The standard InChI is InChI=1S/C39H46O6Si/c1-37(2,3)46(32-22-14-8-15-23-32,33-24-16-9-17-25-33)42-29-39(28-40-26-30-18-10-6-11-19-30)35(41-27-31-20-12-7-13-21-31)34-36(45-39)44-38(4,5)43-34/h6-25,34-36H,26-29H2,1-5H3/t34-,35+,36+,39+/m1/s1. The average Bonchev–Trinajstić information content (AvgIpc) is 3.49. The molecule has 0 amide bonds. The van der Waals surface area contributed by atoms with Gasteiger partial charge in [-0.15, -0.1) is 0 Å². The second kappa shape index (κ2) is 13.5. The third-order valence-electron chi connectivity index (χ3n) is 8.94. The minimum Gasteiger partial charge on any atom is -0.404 e. The van der Waals surface area contributed by atoms with Crippen molar-refractivity contribution in [1.82, 2.24) is 0 Å². The molecule has 0 spiro atoms. The van der Waals surface area contributed by atoms with Crippen LogP contribution in [0.15, 0.2) is 121 Å². The Kier molecular flexibility index (Phi) is 9.64. The highest BCUT2D eigenvalue weighted by Gasteiger charge is 2.64. The highest BCUT2D eigenvalue weighted by atomic mass is 28.4. The second-order valence-electron chi connectivity index (χ2n) is 13.8. The molecule has 4 aromatic rings. The molecule has 2 saturated heterocycles. The van der Waals surface area contributed by atoms with E-state index in [2.05, 4.69) is 106 Å². The molecular formula is C39H46O6Si. The summed E-state index contributed by atoms with van der Waals surface area (Å²) in [7, 11) is -2.92. The quantitative estimate of drug-likeness (QED) is 0.163. The van der Waals surface area contributed by atoms with E-state index in [1.165, 1.54) is 10.4 Å². The van der Waals surface area contributed by atoms with E-state index in [9.17, 15) is 0 Å². The van der Waals surface area contributed by atoms with Gasteiger partial charge < -0.3 is 28.1 Å². The molecule has 7 heteroatoms. The maximum absolute atomic E-state index is 7.50. The largest absolute Gasteiger partial charge is 0.404 e. The maximum Gasteiger partial charge on any atom is 0.261 e. The molecule has 2 fully saturated rings. The molecule has 0 saturated carbocycles. The summed E-state index contributed by atoms with van der Waals surface area (Å²) < 4.78 is 40.5. The molecular weight excluding hydrogens is 593 g/mol. The number of fused-ring (bicyclic) bond motifs is 1. The van der Waals surface area contributed by atoms with Crippen LogP contribution in [-0.2, 0) is 41.3 Å². The van der Waals surface area contributed by atoms with Gasteiger partial charge in [0.25, 0.3) is 8.32 Å². The summed E-state index contributed by atoms with van der Waals surface area (Å²) in [6, 6.07) is 41.7. The van der Waals surface area contributed by atoms with E-state index in [-0.39, 0.29) is 18.3 Å². The van der Waals surface area contributed by atoms with Crippen LogP contribution in [0.1, 0.15) is 45.7 Å². The predicted molar refractivity (Wildman–Crippen MR) is 182 cm³/mol. The summed E-state index contributed by atoms with van der Waals surface area (Å²) in [6.45, 7) is 11.9. The Balaban J connectivity index is 1.40. The van der Waals surface area contributed by atoms with Crippen LogP contribution >= 0.6 is 0 Å². The van der Waals surface area contributed by atoms with Gasteiger partial charge in [-0.1, -0.05) is 142 Å². The van der Waals surface area contributed by atoms with Crippen molar-refractivity contribution >= 4 is 18.7 Å². The van der Waals surface area contributed by atoms with Crippen molar-refractivity contribution in [2.24, 2.45) is 0 Å². The average molecular weight is 639 g/mol. The Morgan fingerprint density at radius 1 is 0.630 bits per heavy atom. The fourth-order valence-corrected chi connectivity index (χ4v) is 11.5. The van der Waals surface area contributed by atoms with Gasteiger partial charge >= 0.3 is 0 Å².